The van der Waals surface area contributed by atoms with Gasteiger partial charge in [-0.05, 0) is 24.6 Å². The second-order valence-corrected chi connectivity index (χ2v) is 5.54. The number of carbonyl (C=O) groups excluding carboxylic acids is 2. The maximum Gasteiger partial charge on any atom is 0.239 e. The van der Waals surface area contributed by atoms with Gasteiger partial charge in [-0.3, -0.25) is 4.79 Å². The van der Waals surface area contributed by atoms with E-state index in [1.807, 2.05) is 54.6 Å². The minimum atomic E-state index is -0.0901. The van der Waals surface area contributed by atoms with Crippen molar-refractivity contribution in [2.24, 2.45) is 5.10 Å². The molecule has 0 aliphatic carbocycles. The molecule has 0 fully saturated rings. The van der Waals surface area contributed by atoms with Crippen LogP contribution in [0.15, 0.2) is 59.7 Å². The number of ether oxygens (including phenoxy) is 1. The molecule has 1 atom stereocenters. The molecule has 0 bridgehead atoms. The number of nitrogens with zero attached hydrogens (tertiary/aromatic N) is 2. The van der Waals surface area contributed by atoms with Gasteiger partial charge in [0.25, 0.3) is 0 Å². The van der Waals surface area contributed by atoms with Crippen LogP contribution in [0.4, 0.5) is 0 Å². The number of hydrazone groups is 1. The van der Waals surface area contributed by atoms with Crippen molar-refractivity contribution in [1.29, 1.82) is 0 Å². The molecule has 0 saturated carbocycles. The van der Waals surface area contributed by atoms with E-state index in [0.717, 1.165) is 28.9 Å². The zero-order valence-corrected chi connectivity index (χ0v) is 14.7. The number of aldehydes is 1. The summed E-state index contributed by atoms with van der Waals surface area (Å²) in [5.41, 5.74) is 2.92. The zero-order valence-electron chi connectivity index (χ0n) is 14.7. The van der Waals surface area contributed by atoms with Gasteiger partial charge in [-0.1, -0.05) is 42.5 Å². The van der Waals surface area contributed by atoms with Crippen LogP contribution in [0.1, 0.15) is 37.5 Å². The lowest BCUT2D eigenvalue weighted by Gasteiger charge is -2.28. The molecule has 5 heteroatoms. The van der Waals surface area contributed by atoms with Crippen LogP contribution in [-0.2, 0) is 9.59 Å². The highest BCUT2D eigenvalue weighted by Gasteiger charge is 2.26. The molecule has 0 saturated heterocycles. The molecule has 1 aliphatic rings. The van der Waals surface area contributed by atoms with E-state index >= 15 is 0 Å². The molecule has 1 amide bonds. The van der Waals surface area contributed by atoms with Crippen molar-refractivity contribution in [3.8, 4) is 5.75 Å². The van der Waals surface area contributed by atoms with Gasteiger partial charge in [0.15, 0.2) is 0 Å². The Labute approximate surface area is 147 Å². The first-order valence-electron chi connectivity index (χ1n) is 8.09. The first-order valence-corrected chi connectivity index (χ1v) is 8.09. The molecule has 2 aromatic rings. The molecule has 1 unspecified atom stereocenters. The molecule has 1 heterocycles. The molecule has 3 rings (SSSR count). The highest BCUT2D eigenvalue weighted by molar-refractivity contribution is 6.04. The summed E-state index contributed by atoms with van der Waals surface area (Å²) in [6.07, 6.45) is 1.30. The Morgan fingerprint density at radius 1 is 1.16 bits per heavy atom. The first-order chi connectivity index (χ1) is 12.1. The average molecular weight is 338 g/mol. The Balaban J connectivity index is 0.000000701. The normalized spacial score (nSPS) is 16.8. The van der Waals surface area contributed by atoms with E-state index in [2.05, 4.69) is 5.10 Å². The van der Waals surface area contributed by atoms with Crippen molar-refractivity contribution in [2.75, 3.05) is 7.05 Å². The SMILES string of the molecule is CC(=O)N(C)/N=C1\CC(c2ccccc2)Oc2ccccc21.CC=O. The van der Waals surface area contributed by atoms with Crippen molar-refractivity contribution in [3.63, 3.8) is 0 Å². The highest BCUT2D eigenvalue weighted by atomic mass is 16.5. The molecule has 0 spiro atoms. The molecule has 25 heavy (non-hydrogen) atoms. The topological polar surface area (TPSA) is 59.0 Å². The van der Waals surface area contributed by atoms with E-state index in [4.69, 9.17) is 9.53 Å². The summed E-state index contributed by atoms with van der Waals surface area (Å²) in [4.78, 5) is 20.3. The smallest absolute Gasteiger partial charge is 0.239 e. The van der Waals surface area contributed by atoms with E-state index in [0.29, 0.717) is 6.42 Å². The summed E-state index contributed by atoms with van der Waals surface area (Å²) in [7, 11) is 1.67. The summed E-state index contributed by atoms with van der Waals surface area (Å²) in [5, 5.41) is 5.85. The van der Waals surface area contributed by atoms with Gasteiger partial charge in [0.1, 0.15) is 18.1 Å². The monoisotopic (exact) mass is 338 g/mol. The maximum atomic E-state index is 11.5. The summed E-state index contributed by atoms with van der Waals surface area (Å²) in [5.74, 6) is 0.714. The van der Waals surface area contributed by atoms with Gasteiger partial charge in [-0.15, -0.1) is 0 Å². The van der Waals surface area contributed by atoms with Crippen LogP contribution < -0.4 is 4.74 Å². The van der Waals surface area contributed by atoms with Crippen molar-refractivity contribution in [3.05, 3.63) is 65.7 Å². The lowest BCUT2D eigenvalue weighted by atomic mass is 9.96. The van der Waals surface area contributed by atoms with Gasteiger partial charge >= 0.3 is 0 Å². The molecule has 5 nitrogen and oxygen atoms in total. The third-order valence-corrected chi connectivity index (χ3v) is 3.74. The third kappa shape index (κ3) is 4.76. The number of hydrogen-bond donors (Lipinski definition) is 0. The Bertz CT molecular complexity index is 757. The Morgan fingerprint density at radius 2 is 1.76 bits per heavy atom. The van der Waals surface area contributed by atoms with E-state index in [9.17, 15) is 4.79 Å². The van der Waals surface area contributed by atoms with Crippen LogP contribution in [0, 0.1) is 0 Å². The fraction of sp³-hybridized carbons (Fsp3) is 0.250. The summed E-state index contributed by atoms with van der Waals surface area (Å²) in [6.45, 7) is 2.95. The third-order valence-electron chi connectivity index (χ3n) is 3.74. The maximum absolute atomic E-state index is 11.5. The average Bonchev–Trinajstić information content (AvgIpc) is 2.63. The van der Waals surface area contributed by atoms with Crippen LogP contribution >= 0.6 is 0 Å². The largest absolute Gasteiger partial charge is 0.485 e. The van der Waals surface area contributed by atoms with Crippen molar-refractivity contribution < 1.29 is 14.3 Å². The molecule has 0 radical (unpaired) electrons. The Kier molecular flexibility index (Phi) is 6.46. The van der Waals surface area contributed by atoms with Gasteiger partial charge < -0.3 is 9.53 Å². The van der Waals surface area contributed by atoms with E-state index in [-0.39, 0.29) is 12.0 Å². The predicted molar refractivity (Wildman–Crippen MR) is 97.6 cm³/mol. The number of benzene rings is 2. The fourth-order valence-electron chi connectivity index (χ4n) is 2.49. The van der Waals surface area contributed by atoms with Crippen molar-refractivity contribution in [1.82, 2.24) is 5.01 Å². The predicted octanol–water partition coefficient (Wildman–Crippen LogP) is 3.60. The molecule has 2 aromatic carbocycles. The number of para-hydroxylation sites is 1. The molecular weight excluding hydrogens is 316 g/mol. The summed E-state index contributed by atoms with van der Waals surface area (Å²) < 4.78 is 6.11. The van der Waals surface area contributed by atoms with Crippen LogP contribution in [0.2, 0.25) is 0 Å². The lowest BCUT2D eigenvalue weighted by molar-refractivity contribution is -0.127. The lowest BCUT2D eigenvalue weighted by Crippen LogP contribution is -2.25. The van der Waals surface area contributed by atoms with Gasteiger partial charge in [-0.2, -0.15) is 5.10 Å². The zero-order chi connectivity index (χ0) is 18.2. The Hall–Kier alpha value is -2.95. The quantitative estimate of drug-likeness (QED) is 0.621. The van der Waals surface area contributed by atoms with Gasteiger partial charge in [0.05, 0.1) is 5.71 Å². The van der Waals surface area contributed by atoms with E-state index < -0.39 is 0 Å². The molecule has 1 aliphatic heterocycles. The number of carbonyl (C=O) groups is 2. The van der Waals surface area contributed by atoms with Gasteiger partial charge in [0.2, 0.25) is 5.91 Å². The molecular formula is C20H22N2O3. The number of amides is 1. The van der Waals surface area contributed by atoms with Gasteiger partial charge in [0, 0.05) is 26.0 Å². The second-order valence-electron chi connectivity index (χ2n) is 5.54. The number of hydrogen-bond acceptors (Lipinski definition) is 4. The van der Waals surface area contributed by atoms with Gasteiger partial charge in [-0.25, -0.2) is 5.01 Å². The number of fused-ring (bicyclic) bond motifs is 1. The molecule has 0 N–H and O–H groups in total. The molecule has 130 valence electrons. The Morgan fingerprint density at radius 3 is 2.40 bits per heavy atom. The van der Waals surface area contributed by atoms with Crippen molar-refractivity contribution >= 4 is 17.9 Å². The minimum Gasteiger partial charge on any atom is -0.485 e. The molecule has 0 aromatic heterocycles. The van der Waals surface area contributed by atoms with Crippen LogP contribution in [0.25, 0.3) is 0 Å². The van der Waals surface area contributed by atoms with Crippen LogP contribution in [-0.4, -0.2) is 30.0 Å². The van der Waals surface area contributed by atoms with Crippen molar-refractivity contribution in [2.45, 2.75) is 26.4 Å². The standard InChI is InChI=1S/C18H18N2O2.C2H4O/c1-13(21)20(2)19-16-12-18(14-8-4-3-5-9-14)22-17-11-7-6-10-15(16)17;1-2-3/h3-11,18H,12H2,1-2H3;2H,1H3/b19-16+;. The fourth-order valence-corrected chi connectivity index (χ4v) is 2.49. The minimum absolute atomic E-state index is 0.0878. The van der Waals surface area contributed by atoms with Crippen LogP contribution in [0.5, 0.6) is 5.75 Å². The summed E-state index contributed by atoms with van der Waals surface area (Å²) in [6, 6.07) is 17.9. The van der Waals surface area contributed by atoms with E-state index in [1.165, 1.54) is 18.9 Å². The number of rotatable bonds is 2. The van der Waals surface area contributed by atoms with Crippen LogP contribution in [0.3, 0.4) is 0 Å². The summed E-state index contributed by atoms with van der Waals surface area (Å²) >= 11 is 0. The highest BCUT2D eigenvalue weighted by Crippen LogP contribution is 2.35. The first kappa shape index (κ1) is 18.4. The second kappa shape index (κ2) is 8.78. The van der Waals surface area contributed by atoms with E-state index in [1.54, 1.807) is 7.05 Å².